The number of hydrogen-bond donors (Lipinski definition) is 2. The Balaban J connectivity index is 2.68. The van der Waals surface area contributed by atoms with Gasteiger partial charge in [0.15, 0.2) is 0 Å². The molecular formula is C9H18N2O2. The number of likely N-dealkylation sites (tertiary alicyclic amines) is 1. The molecular weight excluding hydrogens is 168 g/mol. The van der Waals surface area contributed by atoms with Gasteiger partial charge in [-0.3, -0.25) is 4.79 Å². The molecule has 0 bridgehead atoms. The summed E-state index contributed by atoms with van der Waals surface area (Å²) in [5.41, 5.74) is 0. The van der Waals surface area contributed by atoms with Crippen molar-refractivity contribution in [3.05, 3.63) is 0 Å². The Kier molecular flexibility index (Phi) is 3.27. The van der Waals surface area contributed by atoms with Gasteiger partial charge < -0.3 is 15.3 Å². The van der Waals surface area contributed by atoms with Gasteiger partial charge in [0.1, 0.15) is 0 Å². The van der Waals surface area contributed by atoms with Crippen molar-refractivity contribution in [2.45, 2.75) is 25.9 Å². The zero-order valence-corrected chi connectivity index (χ0v) is 8.45. The smallest absolute Gasteiger partial charge is 0.309 e. The van der Waals surface area contributed by atoms with Gasteiger partial charge in [0.2, 0.25) is 0 Å². The first-order chi connectivity index (χ1) is 6.07. The van der Waals surface area contributed by atoms with Crippen molar-refractivity contribution in [1.82, 2.24) is 10.2 Å². The zero-order valence-electron chi connectivity index (χ0n) is 8.45. The molecule has 1 aliphatic rings. The molecule has 0 spiro atoms. The normalized spacial score (nSPS) is 35.2. The quantitative estimate of drug-likeness (QED) is 0.651. The van der Waals surface area contributed by atoms with E-state index in [0.29, 0.717) is 12.6 Å². The van der Waals surface area contributed by atoms with Crippen LogP contribution in [0.4, 0.5) is 0 Å². The number of carboxylic acid groups (broad SMARTS) is 1. The topological polar surface area (TPSA) is 52.6 Å². The Morgan fingerprint density at radius 2 is 2.31 bits per heavy atom. The van der Waals surface area contributed by atoms with E-state index in [1.807, 2.05) is 14.0 Å². The van der Waals surface area contributed by atoms with Gasteiger partial charge in [0, 0.05) is 18.6 Å². The predicted octanol–water partition coefficient (Wildman–Crippen LogP) is -0.000800. The highest BCUT2D eigenvalue weighted by molar-refractivity contribution is 5.72. The third-order valence-electron chi connectivity index (χ3n) is 2.89. The van der Waals surface area contributed by atoms with Gasteiger partial charge in [0.25, 0.3) is 0 Å². The number of hydrogen-bond acceptors (Lipinski definition) is 3. The summed E-state index contributed by atoms with van der Waals surface area (Å²) in [4.78, 5) is 13.0. The van der Waals surface area contributed by atoms with E-state index in [0.717, 1.165) is 6.54 Å². The molecule has 0 aromatic carbocycles. The van der Waals surface area contributed by atoms with Gasteiger partial charge in [0.05, 0.1) is 5.92 Å². The molecule has 1 aliphatic heterocycles. The molecule has 2 N–H and O–H groups in total. The van der Waals surface area contributed by atoms with E-state index in [4.69, 9.17) is 5.11 Å². The second kappa shape index (κ2) is 4.07. The summed E-state index contributed by atoms with van der Waals surface area (Å²) in [7, 11) is 1.97. The average molecular weight is 186 g/mol. The molecule has 0 amide bonds. The van der Waals surface area contributed by atoms with Crippen molar-refractivity contribution in [3.8, 4) is 0 Å². The van der Waals surface area contributed by atoms with Gasteiger partial charge in [-0.25, -0.2) is 0 Å². The number of carboxylic acids is 1. The Morgan fingerprint density at radius 3 is 2.77 bits per heavy atom. The summed E-state index contributed by atoms with van der Waals surface area (Å²) >= 11 is 0. The summed E-state index contributed by atoms with van der Waals surface area (Å²) in [5, 5.41) is 12.2. The predicted molar refractivity (Wildman–Crippen MR) is 50.7 cm³/mol. The van der Waals surface area contributed by atoms with E-state index in [2.05, 4.69) is 17.1 Å². The van der Waals surface area contributed by atoms with Crippen LogP contribution in [0.25, 0.3) is 0 Å². The molecule has 0 saturated carbocycles. The van der Waals surface area contributed by atoms with Crippen LogP contribution in [-0.4, -0.2) is 48.2 Å². The number of nitrogens with zero attached hydrogens (tertiary/aromatic N) is 1. The van der Waals surface area contributed by atoms with Gasteiger partial charge in [-0.15, -0.1) is 0 Å². The van der Waals surface area contributed by atoms with Crippen molar-refractivity contribution in [2.75, 3.05) is 20.1 Å². The van der Waals surface area contributed by atoms with Crippen LogP contribution in [-0.2, 0) is 4.79 Å². The molecule has 3 atom stereocenters. The van der Waals surface area contributed by atoms with Crippen molar-refractivity contribution < 1.29 is 9.90 Å². The second-order valence-electron chi connectivity index (χ2n) is 3.71. The van der Waals surface area contributed by atoms with Gasteiger partial charge in [-0.1, -0.05) is 6.92 Å². The maximum absolute atomic E-state index is 10.9. The number of carbonyl (C=O) groups is 1. The summed E-state index contributed by atoms with van der Waals surface area (Å²) in [6.07, 6.45) is 0. The maximum atomic E-state index is 10.9. The maximum Gasteiger partial charge on any atom is 0.309 e. The second-order valence-corrected chi connectivity index (χ2v) is 3.71. The van der Waals surface area contributed by atoms with E-state index in [-0.39, 0.29) is 12.0 Å². The first-order valence-corrected chi connectivity index (χ1v) is 4.74. The minimum atomic E-state index is -0.692. The lowest BCUT2D eigenvalue weighted by Crippen LogP contribution is -2.43. The lowest BCUT2D eigenvalue weighted by molar-refractivity contribution is -0.141. The van der Waals surface area contributed by atoms with E-state index >= 15 is 0 Å². The standard InChI is InChI=1S/C9H18N2O2/c1-4-10-8-6(2)11(3)5-7(8)9(12)13/h6-8,10H,4-5H2,1-3H3,(H,12,13). The molecule has 4 nitrogen and oxygen atoms in total. The Bertz CT molecular complexity index is 196. The fraction of sp³-hybridized carbons (Fsp3) is 0.889. The zero-order chi connectivity index (χ0) is 10.0. The first kappa shape index (κ1) is 10.5. The molecule has 76 valence electrons. The van der Waals surface area contributed by atoms with Crippen LogP contribution in [0.5, 0.6) is 0 Å². The molecule has 0 aromatic rings. The minimum absolute atomic E-state index is 0.0903. The van der Waals surface area contributed by atoms with Gasteiger partial charge in [-0.05, 0) is 20.5 Å². The first-order valence-electron chi connectivity index (χ1n) is 4.74. The molecule has 0 aromatic heterocycles. The monoisotopic (exact) mass is 186 g/mol. The van der Waals surface area contributed by atoms with Crippen molar-refractivity contribution in [3.63, 3.8) is 0 Å². The molecule has 1 fully saturated rings. The van der Waals surface area contributed by atoms with Gasteiger partial charge in [-0.2, -0.15) is 0 Å². The van der Waals surface area contributed by atoms with Crippen molar-refractivity contribution in [1.29, 1.82) is 0 Å². The van der Waals surface area contributed by atoms with Crippen LogP contribution in [0.15, 0.2) is 0 Å². The lowest BCUT2D eigenvalue weighted by atomic mass is 10.00. The Morgan fingerprint density at radius 1 is 1.69 bits per heavy atom. The van der Waals surface area contributed by atoms with Gasteiger partial charge >= 0.3 is 5.97 Å². The van der Waals surface area contributed by atoms with Crippen LogP contribution in [0.3, 0.4) is 0 Å². The Hall–Kier alpha value is -0.610. The van der Waals surface area contributed by atoms with E-state index in [1.54, 1.807) is 0 Å². The third kappa shape index (κ3) is 2.00. The highest BCUT2D eigenvalue weighted by Gasteiger charge is 2.40. The summed E-state index contributed by atoms with van der Waals surface area (Å²) < 4.78 is 0. The summed E-state index contributed by atoms with van der Waals surface area (Å²) in [6.45, 7) is 5.54. The fourth-order valence-electron chi connectivity index (χ4n) is 1.98. The minimum Gasteiger partial charge on any atom is -0.481 e. The van der Waals surface area contributed by atoms with Crippen molar-refractivity contribution in [2.24, 2.45) is 5.92 Å². The number of rotatable bonds is 3. The highest BCUT2D eigenvalue weighted by Crippen LogP contribution is 2.22. The molecule has 13 heavy (non-hydrogen) atoms. The van der Waals surface area contributed by atoms with Crippen LogP contribution in [0, 0.1) is 5.92 Å². The lowest BCUT2D eigenvalue weighted by Gasteiger charge is -2.22. The molecule has 1 rings (SSSR count). The third-order valence-corrected chi connectivity index (χ3v) is 2.89. The molecule has 0 aliphatic carbocycles. The SMILES string of the molecule is CCNC1C(C(=O)O)CN(C)C1C. The van der Waals surface area contributed by atoms with Crippen LogP contribution < -0.4 is 5.32 Å². The number of likely N-dealkylation sites (N-methyl/N-ethyl adjacent to an activating group) is 2. The van der Waals surface area contributed by atoms with Crippen LogP contribution in [0.1, 0.15) is 13.8 Å². The molecule has 1 saturated heterocycles. The summed E-state index contributed by atoms with van der Waals surface area (Å²) in [5.74, 6) is -0.956. The molecule has 3 unspecified atom stereocenters. The average Bonchev–Trinajstić information content (AvgIpc) is 2.33. The summed E-state index contributed by atoms with van der Waals surface area (Å²) in [6, 6.07) is 0.397. The largest absolute Gasteiger partial charge is 0.481 e. The Labute approximate surface area is 78.9 Å². The number of aliphatic carboxylic acids is 1. The fourth-order valence-corrected chi connectivity index (χ4v) is 1.98. The van der Waals surface area contributed by atoms with Crippen molar-refractivity contribution >= 4 is 5.97 Å². The van der Waals surface area contributed by atoms with E-state index in [9.17, 15) is 4.79 Å². The molecule has 1 heterocycles. The van der Waals surface area contributed by atoms with Crippen LogP contribution >= 0.6 is 0 Å². The molecule has 4 heteroatoms. The molecule has 0 radical (unpaired) electrons. The van der Waals surface area contributed by atoms with E-state index in [1.165, 1.54) is 0 Å². The number of nitrogens with one attached hydrogen (secondary N) is 1. The van der Waals surface area contributed by atoms with Crippen LogP contribution in [0.2, 0.25) is 0 Å². The highest BCUT2D eigenvalue weighted by atomic mass is 16.4. The van der Waals surface area contributed by atoms with E-state index < -0.39 is 5.97 Å².